The third kappa shape index (κ3) is 1.85. The first kappa shape index (κ1) is 15.2. The maximum absolute atomic E-state index is 10.5. The minimum Gasteiger partial charge on any atom is -0.395 e. The van der Waals surface area contributed by atoms with Crippen LogP contribution < -0.4 is 0 Å². The fourth-order valence-electron chi connectivity index (χ4n) is 6.70. The quantitative estimate of drug-likeness (QED) is 0.653. The SMILES string of the molecule is C[C@]12CC[C@H]3[C@@H](CC=C4C[C@@H](O)CC[C@@]43CO)[C@H]1CC[C@@H]2O. The van der Waals surface area contributed by atoms with Gasteiger partial charge in [0.15, 0.2) is 0 Å². The Bertz CT molecular complexity index is 487. The van der Waals surface area contributed by atoms with Crippen molar-refractivity contribution in [2.45, 2.75) is 70.5 Å². The van der Waals surface area contributed by atoms with Gasteiger partial charge in [0.25, 0.3) is 0 Å². The van der Waals surface area contributed by atoms with Gasteiger partial charge in [-0.05, 0) is 74.5 Å². The second kappa shape index (κ2) is 5.06. The Morgan fingerprint density at radius 2 is 1.91 bits per heavy atom. The molecule has 0 aromatic heterocycles. The van der Waals surface area contributed by atoms with Crippen LogP contribution in [0.15, 0.2) is 11.6 Å². The number of rotatable bonds is 1. The second-order valence-corrected chi connectivity index (χ2v) is 8.69. The van der Waals surface area contributed by atoms with Crippen molar-refractivity contribution in [2.24, 2.45) is 28.6 Å². The molecule has 0 saturated heterocycles. The number of aliphatic hydroxyl groups is 3. The van der Waals surface area contributed by atoms with Gasteiger partial charge >= 0.3 is 0 Å². The predicted octanol–water partition coefficient (Wildman–Crippen LogP) is 2.64. The lowest BCUT2D eigenvalue weighted by Crippen LogP contribution is -2.53. The Balaban J connectivity index is 1.70. The van der Waals surface area contributed by atoms with Gasteiger partial charge in [-0.3, -0.25) is 0 Å². The molecule has 3 heteroatoms. The first-order chi connectivity index (χ1) is 10.5. The molecule has 0 amide bonds. The van der Waals surface area contributed by atoms with E-state index in [0.29, 0.717) is 17.8 Å². The minimum atomic E-state index is -0.218. The molecule has 4 aliphatic rings. The molecule has 4 aliphatic carbocycles. The zero-order valence-corrected chi connectivity index (χ0v) is 13.7. The van der Waals surface area contributed by atoms with Crippen LogP contribution in [-0.2, 0) is 0 Å². The molecule has 7 atom stereocenters. The van der Waals surface area contributed by atoms with Crippen molar-refractivity contribution >= 4 is 0 Å². The molecule has 124 valence electrons. The lowest BCUT2D eigenvalue weighted by molar-refractivity contribution is -0.0889. The number of allylic oxidation sites excluding steroid dienone is 1. The average molecular weight is 306 g/mol. The molecule has 0 aliphatic heterocycles. The van der Waals surface area contributed by atoms with E-state index in [1.54, 1.807) is 0 Å². The van der Waals surface area contributed by atoms with Crippen LogP contribution in [-0.4, -0.2) is 34.1 Å². The van der Waals surface area contributed by atoms with Crippen molar-refractivity contribution in [1.82, 2.24) is 0 Å². The molecule has 3 fully saturated rings. The fourth-order valence-corrected chi connectivity index (χ4v) is 6.70. The van der Waals surface area contributed by atoms with E-state index in [0.717, 1.165) is 51.4 Å². The highest BCUT2D eigenvalue weighted by molar-refractivity contribution is 5.26. The van der Waals surface area contributed by atoms with Crippen LogP contribution in [0, 0.1) is 28.6 Å². The molecular formula is C19H30O3. The van der Waals surface area contributed by atoms with Crippen molar-refractivity contribution in [3.05, 3.63) is 11.6 Å². The summed E-state index contributed by atoms with van der Waals surface area (Å²) in [6.07, 6.45) is 9.91. The van der Waals surface area contributed by atoms with Gasteiger partial charge < -0.3 is 15.3 Å². The van der Waals surface area contributed by atoms with E-state index >= 15 is 0 Å². The average Bonchev–Trinajstić information content (AvgIpc) is 2.82. The summed E-state index contributed by atoms with van der Waals surface area (Å²) in [6.45, 7) is 2.53. The zero-order valence-electron chi connectivity index (χ0n) is 13.7. The number of hydrogen-bond donors (Lipinski definition) is 3. The van der Waals surface area contributed by atoms with Gasteiger partial charge in [0.1, 0.15) is 0 Å². The molecule has 0 radical (unpaired) electrons. The van der Waals surface area contributed by atoms with Crippen LogP contribution in [0.4, 0.5) is 0 Å². The van der Waals surface area contributed by atoms with Crippen molar-refractivity contribution in [3.8, 4) is 0 Å². The van der Waals surface area contributed by atoms with E-state index in [1.165, 1.54) is 5.57 Å². The van der Waals surface area contributed by atoms with E-state index in [-0.39, 0.29) is 29.6 Å². The molecule has 0 spiro atoms. The van der Waals surface area contributed by atoms with E-state index in [4.69, 9.17) is 0 Å². The summed E-state index contributed by atoms with van der Waals surface area (Å²) in [7, 11) is 0. The molecule has 0 aromatic rings. The van der Waals surface area contributed by atoms with Gasteiger partial charge in [-0.1, -0.05) is 18.6 Å². The Morgan fingerprint density at radius 1 is 1.09 bits per heavy atom. The van der Waals surface area contributed by atoms with Gasteiger partial charge in [-0.2, -0.15) is 0 Å². The number of fused-ring (bicyclic) bond motifs is 5. The predicted molar refractivity (Wildman–Crippen MR) is 85.1 cm³/mol. The lowest BCUT2D eigenvalue weighted by atomic mass is 9.47. The van der Waals surface area contributed by atoms with Gasteiger partial charge in [0, 0.05) is 5.41 Å². The zero-order chi connectivity index (χ0) is 15.5. The molecule has 0 heterocycles. The van der Waals surface area contributed by atoms with Gasteiger partial charge in [0.05, 0.1) is 18.8 Å². The summed E-state index contributed by atoms with van der Waals surface area (Å²) in [5.74, 6) is 1.77. The molecule has 3 saturated carbocycles. The maximum Gasteiger partial charge on any atom is 0.0596 e. The second-order valence-electron chi connectivity index (χ2n) is 8.69. The normalized spacial score (nSPS) is 54.2. The summed E-state index contributed by atoms with van der Waals surface area (Å²) in [5.41, 5.74) is 1.35. The summed E-state index contributed by atoms with van der Waals surface area (Å²) in [5, 5.41) is 30.8. The number of hydrogen-bond acceptors (Lipinski definition) is 3. The highest BCUT2D eigenvalue weighted by atomic mass is 16.3. The maximum atomic E-state index is 10.5. The molecule has 3 nitrogen and oxygen atoms in total. The molecule has 4 rings (SSSR count). The lowest BCUT2D eigenvalue weighted by Gasteiger charge is -2.58. The highest BCUT2D eigenvalue weighted by Gasteiger charge is 2.59. The van der Waals surface area contributed by atoms with Gasteiger partial charge in [-0.15, -0.1) is 0 Å². The molecular weight excluding hydrogens is 276 g/mol. The molecule has 3 N–H and O–H groups in total. The summed E-state index contributed by atoms with van der Waals surface area (Å²) in [4.78, 5) is 0. The molecule has 0 unspecified atom stereocenters. The van der Waals surface area contributed by atoms with Crippen LogP contribution in [0.1, 0.15) is 58.3 Å². The molecule has 0 aromatic carbocycles. The minimum absolute atomic E-state index is 0.0724. The Kier molecular flexibility index (Phi) is 3.49. The van der Waals surface area contributed by atoms with Crippen LogP contribution in [0.3, 0.4) is 0 Å². The van der Waals surface area contributed by atoms with E-state index < -0.39 is 0 Å². The van der Waals surface area contributed by atoms with Gasteiger partial charge in [0.2, 0.25) is 0 Å². The standard InChI is InChI=1S/C19H30O3/c1-18-8-7-16-14(15(18)4-5-17(18)22)3-2-12-10-13(21)6-9-19(12,16)11-20/h2,13-17,20-22H,3-11H2,1H3/t13-,14-,15+,16-,17-,18-,19+/m0/s1. The highest BCUT2D eigenvalue weighted by Crippen LogP contribution is 2.64. The van der Waals surface area contributed by atoms with E-state index in [9.17, 15) is 15.3 Å². The Hall–Kier alpha value is -0.380. The smallest absolute Gasteiger partial charge is 0.0596 e. The van der Waals surface area contributed by atoms with Crippen LogP contribution in [0.5, 0.6) is 0 Å². The largest absolute Gasteiger partial charge is 0.395 e. The summed E-state index contributed by atoms with van der Waals surface area (Å²) >= 11 is 0. The van der Waals surface area contributed by atoms with Crippen molar-refractivity contribution in [1.29, 1.82) is 0 Å². The fraction of sp³-hybridized carbons (Fsp3) is 0.895. The topological polar surface area (TPSA) is 60.7 Å². The van der Waals surface area contributed by atoms with Gasteiger partial charge in [-0.25, -0.2) is 0 Å². The van der Waals surface area contributed by atoms with Crippen molar-refractivity contribution in [3.63, 3.8) is 0 Å². The summed E-state index contributed by atoms with van der Waals surface area (Å²) in [6, 6.07) is 0. The Labute approximate surface area is 133 Å². The first-order valence-corrected chi connectivity index (χ1v) is 9.18. The van der Waals surface area contributed by atoms with Crippen molar-refractivity contribution in [2.75, 3.05) is 6.61 Å². The van der Waals surface area contributed by atoms with Crippen molar-refractivity contribution < 1.29 is 15.3 Å². The van der Waals surface area contributed by atoms with E-state index in [1.807, 2.05) is 0 Å². The first-order valence-electron chi connectivity index (χ1n) is 9.18. The third-order valence-corrected chi connectivity index (χ3v) is 8.03. The Morgan fingerprint density at radius 3 is 2.68 bits per heavy atom. The molecule has 22 heavy (non-hydrogen) atoms. The number of aliphatic hydroxyl groups excluding tert-OH is 3. The van der Waals surface area contributed by atoms with Crippen LogP contribution in [0.25, 0.3) is 0 Å². The van der Waals surface area contributed by atoms with Crippen LogP contribution >= 0.6 is 0 Å². The third-order valence-electron chi connectivity index (χ3n) is 8.03. The van der Waals surface area contributed by atoms with Crippen LogP contribution in [0.2, 0.25) is 0 Å². The van der Waals surface area contributed by atoms with E-state index in [2.05, 4.69) is 13.0 Å². The summed E-state index contributed by atoms with van der Waals surface area (Å²) < 4.78 is 0. The molecule has 0 bridgehead atoms. The monoisotopic (exact) mass is 306 g/mol.